The van der Waals surface area contributed by atoms with Gasteiger partial charge < -0.3 is 34.5 Å². The number of nitrogens with one attached hydrogen (secondary N) is 3. The highest BCUT2D eigenvalue weighted by molar-refractivity contribution is 7.14. The van der Waals surface area contributed by atoms with Gasteiger partial charge in [0.15, 0.2) is 28.2 Å². The summed E-state index contributed by atoms with van der Waals surface area (Å²) in [7, 11) is 0. The number of oxime groups is 1. The minimum Gasteiger partial charge on any atom is -0.483 e. The molecule has 2 aromatic carbocycles. The van der Waals surface area contributed by atoms with Gasteiger partial charge in [-0.3, -0.25) is 24.5 Å². The van der Waals surface area contributed by atoms with Crippen molar-refractivity contribution in [2.45, 2.75) is 111 Å². The van der Waals surface area contributed by atoms with Crippen LogP contribution in [-0.2, 0) is 48.3 Å². The number of rotatable bonds is 21. The van der Waals surface area contributed by atoms with Crippen LogP contribution in [-0.4, -0.2) is 79.3 Å². The molecule has 0 aliphatic carbocycles. The van der Waals surface area contributed by atoms with Crippen LogP contribution in [0.3, 0.4) is 0 Å². The van der Waals surface area contributed by atoms with Crippen LogP contribution in [0.5, 0.6) is 5.75 Å². The molecule has 3 N–H and O–H groups in total. The summed E-state index contributed by atoms with van der Waals surface area (Å²) in [6, 6.07) is 23.2. The summed E-state index contributed by atoms with van der Waals surface area (Å²) in [5, 5.41) is 14.2. The summed E-state index contributed by atoms with van der Waals surface area (Å²) in [5.74, 6) is -2.18. The van der Waals surface area contributed by atoms with Crippen LogP contribution < -0.4 is 31.0 Å². The lowest BCUT2D eigenvalue weighted by atomic mass is 9.85. The third-order valence-electron chi connectivity index (χ3n) is 10.1. The van der Waals surface area contributed by atoms with Crippen molar-refractivity contribution in [1.29, 1.82) is 0 Å². The molecule has 0 unspecified atom stereocenters. The van der Waals surface area contributed by atoms with E-state index < -0.39 is 46.6 Å². The Bertz CT molecular complexity index is 2710. The summed E-state index contributed by atoms with van der Waals surface area (Å²) in [6.45, 7) is 13.7. The molecule has 1 aliphatic rings. The number of carbonyl (C=O) groups excluding carboxylic acids is 5. The maximum absolute atomic E-state index is 14.0. The first-order valence-electron chi connectivity index (χ1n) is 22.2. The number of β-lactam (4-membered cyclic amide) rings is 1. The minimum absolute atomic E-state index is 0.0390. The van der Waals surface area contributed by atoms with Gasteiger partial charge in [0.1, 0.15) is 35.9 Å². The van der Waals surface area contributed by atoms with Crippen molar-refractivity contribution in [3.05, 3.63) is 135 Å². The highest BCUT2D eigenvalue weighted by Gasteiger charge is 2.42. The van der Waals surface area contributed by atoms with Gasteiger partial charge in [-0.05, 0) is 85.1 Å². The summed E-state index contributed by atoms with van der Waals surface area (Å²) < 4.78 is 18.1. The summed E-state index contributed by atoms with van der Waals surface area (Å²) in [4.78, 5) is 99.3. The highest BCUT2D eigenvalue weighted by atomic mass is 32.1. The van der Waals surface area contributed by atoms with E-state index in [-0.39, 0.29) is 78.4 Å². The Balaban J connectivity index is 1.08. The van der Waals surface area contributed by atoms with Gasteiger partial charge in [-0.25, -0.2) is 19.6 Å². The molecule has 0 bridgehead atoms. The average molecular weight is 964 g/mol. The lowest BCUT2D eigenvalue weighted by Crippen LogP contribution is -2.61. The van der Waals surface area contributed by atoms with E-state index >= 15 is 0 Å². The zero-order valence-corrected chi connectivity index (χ0v) is 40.6. The minimum atomic E-state index is -1.62. The summed E-state index contributed by atoms with van der Waals surface area (Å²) in [5.41, 5.74) is -1.15. The molecule has 18 nitrogen and oxygen atoms in total. The van der Waals surface area contributed by atoms with Crippen LogP contribution in [0.4, 0.5) is 15.7 Å². The van der Waals surface area contributed by atoms with E-state index in [1.807, 2.05) is 60.7 Å². The number of ketones is 2. The lowest BCUT2D eigenvalue weighted by molar-refractivity contribution is -0.179. The first-order chi connectivity index (χ1) is 32.6. The Morgan fingerprint density at radius 2 is 1.52 bits per heavy atom. The van der Waals surface area contributed by atoms with Crippen molar-refractivity contribution in [2.75, 3.05) is 17.2 Å². The van der Waals surface area contributed by atoms with Gasteiger partial charge >= 0.3 is 12.1 Å². The van der Waals surface area contributed by atoms with Gasteiger partial charge in [0.2, 0.25) is 16.9 Å². The van der Waals surface area contributed by atoms with Gasteiger partial charge in [-0.1, -0.05) is 65.8 Å². The SMILES string of the molecule is CC(C)(C)OC(=O)Nc1nc(/C(=N/OC(C)(C)C(=O)OC(C)(C)C)C(=O)C[C@@H]2C(=O)N[C@@H]2CNc2ccc(C(=O)CCc3cc(=O)c(OCc4ccccc4)cn3OCc3ccccc3)cn2)cs1. The molecule has 0 radical (unpaired) electrons. The predicted octanol–water partition coefficient (Wildman–Crippen LogP) is 7.10. The molecule has 5 aromatic rings. The fourth-order valence-corrected chi connectivity index (χ4v) is 7.22. The number of nitrogens with zero attached hydrogens (tertiary/aromatic N) is 4. The number of aryl methyl sites for hydroxylation is 1. The van der Waals surface area contributed by atoms with Gasteiger partial charge in [-0.2, -0.15) is 4.73 Å². The Morgan fingerprint density at radius 1 is 0.855 bits per heavy atom. The second kappa shape index (κ2) is 22.1. The van der Waals surface area contributed by atoms with E-state index in [1.165, 1.54) is 42.4 Å². The van der Waals surface area contributed by atoms with Crippen molar-refractivity contribution in [2.24, 2.45) is 11.1 Å². The van der Waals surface area contributed by atoms with Crippen LogP contribution in [0.2, 0.25) is 0 Å². The van der Waals surface area contributed by atoms with E-state index in [0.29, 0.717) is 17.1 Å². The second-order valence-corrected chi connectivity index (χ2v) is 19.5. The quantitative estimate of drug-likeness (QED) is 0.0219. The normalized spacial score (nSPS) is 15.0. The molecule has 6 rings (SSSR count). The largest absolute Gasteiger partial charge is 0.483 e. The highest BCUT2D eigenvalue weighted by Crippen LogP contribution is 2.25. The Hall–Kier alpha value is -7.41. The maximum atomic E-state index is 14.0. The molecule has 19 heteroatoms. The van der Waals surface area contributed by atoms with E-state index in [4.69, 9.17) is 23.9 Å². The van der Waals surface area contributed by atoms with Crippen molar-refractivity contribution in [1.82, 2.24) is 20.0 Å². The molecule has 4 heterocycles. The first kappa shape index (κ1) is 51.0. The van der Waals surface area contributed by atoms with Crippen LogP contribution in [0, 0.1) is 5.92 Å². The van der Waals surface area contributed by atoms with Crippen molar-refractivity contribution < 1.29 is 47.9 Å². The fraction of sp³-hybridized carbons (Fsp3) is 0.380. The number of anilines is 2. The number of benzene rings is 2. The molecule has 2 amide bonds. The second-order valence-electron chi connectivity index (χ2n) is 18.6. The van der Waals surface area contributed by atoms with Crippen molar-refractivity contribution in [3.63, 3.8) is 0 Å². The van der Waals surface area contributed by atoms with Gasteiger partial charge in [0.05, 0.1) is 23.9 Å². The van der Waals surface area contributed by atoms with Gasteiger partial charge in [0.25, 0.3) is 0 Å². The monoisotopic (exact) mass is 963 g/mol. The molecule has 1 fully saturated rings. The standard InChI is InChI=1S/C50H57N7O11S/c1-48(2,3)66-45(62)50(7,8)68-56-43(37-30-69-46(54-37)55-47(63)67-49(4,5)6)40(60)24-35-36(53-44(35)61)26-52-42-22-19-33(25-51-42)38(58)21-20-34-23-39(59)41(64-28-31-15-11-9-12-16-31)27-57(34)65-29-32-17-13-10-14-18-32/h9-19,22-23,25,27,30,35-36H,20-21,24,26,28-29H2,1-8H3,(H,51,52)(H,53,61)(H,54,55,63)/b56-43-/t35-,36+/m0/s1. The van der Waals surface area contributed by atoms with Crippen molar-refractivity contribution in [3.8, 4) is 5.75 Å². The maximum Gasteiger partial charge on any atom is 0.413 e. The molecule has 1 aliphatic heterocycles. The summed E-state index contributed by atoms with van der Waals surface area (Å²) >= 11 is 1.01. The van der Waals surface area contributed by atoms with E-state index in [0.717, 1.165) is 22.5 Å². The smallest absolute Gasteiger partial charge is 0.413 e. The van der Waals surface area contributed by atoms with Gasteiger partial charge in [-0.15, -0.1) is 11.3 Å². The Morgan fingerprint density at radius 3 is 2.14 bits per heavy atom. The number of Topliss-reactive ketones (excluding diaryl/α,β-unsaturated/α-hetero) is 2. The number of pyridine rings is 2. The number of aromatic nitrogens is 3. The summed E-state index contributed by atoms with van der Waals surface area (Å²) in [6.07, 6.45) is 2.13. The van der Waals surface area contributed by atoms with E-state index in [9.17, 15) is 28.8 Å². The number of thiazole rings is 1. The first-order valence-corrected chi connectivity index (χ1v) is 23.1. The zero-order valence-electron chi connectivity index (χ0n) is 39.8. The van der Waals surface area contributed by atoms with E-state index in [2.05, 4.69) is 31.1 Å². The Labute approximate surface area is 403 Å². The van der Waals surface area contributed by atoms with Crippen LogP contribution in [0.15, 0.2) is 107 Å². The third-order valence-corrected chi connectivity index (χ3v) is 10.9. The molecular formula is C50H57N7O11S. The molecule has 3 aromatic heterocycles. The van der Waals surface area contributed by atoms with E-state index in [1.54, 1.807) is 53.7 Å². The number of hydrogen-bond donors (Lipinski definition) is 3. The number of esters is 1. The number of carbonyl (C=O) groups is 5. The van der Waals surface area contributed by atoms with Crippen LogP contribution in [0.25, 0.3) is 0 Å². The number of ether oxygens (including phenoxy) is 3. The predicted molar refractivity (Wildman–Crippen MR) is 258 cm³/mol. The topological polar surface area (TPSA) is 228 Å². The molecule has 364 valence electrons. The molecule has 1 saturated heterocycles. The molecule has 0 saturated carbocycles. The number of amides is 2. The van der Waals surface area contributed by atoms with Gasteiger partial charge in [0, 0.05) is 42.6 Å². The Kier molecular flexibility index (Phi) is 16.4. The molecule has 69 heavy (non-hydrogen) atoms. The molecular weight excluding hydrogens is 907 g/mol. The number of hydrogen-bond acceptors (Lipinski definition) is 16. The van der Waals surface area contributed by atoms with Crippen LogP contribution >= 0.6 is 11.3 Å². The van der Waals surface area contributed by atoms with Crippen molar-refractivity contribution >= 4 is 57.5 Å². The zero-order chi connectivity index (χ0) is 49.9. The average Bonchev–Trinajstić information content (AvgIpc) is 3.75. The van der Waals surface area contributed by atoms with Crippen LogP contribution in [0.1, 0.15) is 101 Å². The third kappa shape index (κ3) is 15.0. The lowest BCUT2D eigenvalue weighted by Gasteiger charge is -2.36. The molecule has 0 spiro atoms. The molecule has 2 atom stereocenters. The fourth-order valence-electron chi connectivity index (χ4n) is 6.54.